The SMILES string of the molecule is Cc1c(NC(=O)C(C)C2CNC2)sc2c1CCCC2. The minimum Gasteiger partial charge on any atom is -0.317 e. The largest absolute Gasteiger partial charge is 0.317 e. The second-order valence-corrected chi connectivity index (χ2v) is 6.97. The van der Waals surface area contributed by atoms with E-state index in [0.717, 1.165) is 18.1 Å². The normalized spacial score (nSPS) is 20.5. The van der Waals surface area contributed by atoms with Gasteiger partial charge in [0.25, 0.3) is 0 Å². The fraction of sp³-hybridized carbons (Fsp3) is 0.667. The first kappa shape index (κ1) is 13.1. The summed E-state index contributed by atoms with van der Waals surface area (Å²) in [6.45, 7) is 6.17. The summed E-state index contributed by atoms with van der Waals surface area (Å²) in [4.78, 5) is 13.8. The van der Waals surface area contributed by atoms with Gasteiger partial charge in [0.15, 0.2) is 0 Å². The van der Waals surface area contributed by atoms with Crippen LogP contribution in [0.5, 0.6) is 0 Å². The lowest BCUT2D eigenvalue weighted by Gasteiger charge is -2.31. The Balaban J connectivity index is 1.72. The summed E-state index contributed by atoms with van der Waals surface area (Å²) >= 11 is 1.80. The Labute approximate surface area is 118 Å². The molecule has 0 aromatic carbocycles. The van der Waals surface area contributed by atoms with Gasteiger partial charge in [-0.1, -0.05) is 6.92 Å². The van der Waals surface area contributed by atoms with E-state index < -0.39 is 0 Å². The molecular formula is C15H22N2OS. The Morgan fingerprint density at radius 1 is 1.37 bits per heavy atom. The van der Waals surface area contributed by atoms with Crippen molar-refractivity contribution >= 4 is 22.2 Å². The minimum atomic E-state index is 0.111. The summed E-state index contributed by atoms with van der Waals surface area (Å²) in [6.07, 6.45) is 4.97. The van der Waals surface area contributed by atoms with Crippen molar-refractivity contribution in [1.82, 2.24) is 5.32 Å². The number of nitrogens with one attached hydrogen (secondary N) is 2. The third-order valence-electron chi connectivity index (χ3n) is 4.61. The first-order valence-electron chi connectivity index (χ1n) is 7.29. The van der Waals surface area contributed by atoms with Crippen molar-refractivity contribution in [3.63, 3.8) is 0 Å². The van der Waals surface area contributed by atoms with Gasteiger partial charge in [0, 0.05) is 10.8 Å². The zero-order chi connectivity index (χ0) is 13.4. The molecule has 1 atom stereocenters. The van der Waals surface area contributed by atoms with Crippen molar-refractivity contribution in [2.24, 2.45) is 11.8 Å². The number of carbonyl (C=O) groups excluding carboxylic acids is 1. The highest BCUT2D eigenvalue weighted by atomic mass is 32.1. The molecular weight excluding hydrogens is 256 g/mol. The summed E-state index contributed by atoms with van der Waals surface area (Å²) in [5.74, 6) is 0.808. The van der Waals surface area contributed by atoms with E-state index in [4.69, 9.17) is 0 Å². The molecule has 1 aromatic rings. The molecule has 19 heavy (non-hydrogen) atoms. The van der Waals surface area contributed by atoms with E-state index in [0.29, 0.717) is 5.92 Å². The van der Waals surface area contributed by atoms with Crippen molar-refractivity contribution in [3.8, 4) is 0 Å². The molecule has 0 radical (unpaired) electrons. The third-order valence-corrected chi connectivity index (χ3v) is 5.92. The molecule has 2 heterocycles. The molecule has 0 bridgehead atoms. The highest BCUT2D eigenvalue weighted by Crippen LogP contribution is 2.37. The van der Waals surface area contributed by atoms with E-state index in [1.54, 1.807) is 11.3 Å². The van der Waals surface area contributed by atoms with Crippen LogP contribution in [0.3, 0.4) is 0 Å². The first-order chi connectivity index (χ1) is 9.16. The van der Waals surface area contributed by atoms with E-state index in [1.807, 2.05) is 6.92 Å². The predicted molar refractivity (Wildman–Crippen MR) is 79.9 cm³/mol. The average Bonchev–Trinajstić information content (AvgIpc) is 2.65. The second kappa shape index (κ2) is 5.25. The molecule has 2 aliphatic rings. The monoisotopic (exact) mass is 278 g/mol. The lowest BCUT2D eigenvalue weighted by Crippen LogP contribution is -2.48. The van der Waals surface area contributed by atoms with E-state index in [-0.39, 0.29) is 11.8 Å². The van der Waals surface area contributed by atoms with Gasteiger partial charge in [0.05, 0.1) is 5.00 Å². The molecule has 3 nitrogen and oxygen atoms in total. The summed E-state index contributed by atoms with van der Waals surface area (Å²) in [6, 6.07) is 0. The van der Waals surface area contributed by atoms with E-state index >= 15 is 0 Å². The van der Waals surface area contributed by atoms with Crippen molar-refractivity contribution in [2.45, 2.75) is 39.5 Å². The molecule has 1 aliphatic carbocycles. The highest BCUT2D eigenvalue weighted by Gasteiger charge is 2.29. The lowest BCUT2D eigenvalue weighted by molar-refractivity contribution is -0.121. The number of aryl methyl sites for hydroxylation is 1. The molecule has 1 aliphatic heterocycles. The van der Waals surface area contributed by atoms with Gasteiger partial charge in [-0.2, -0.15) is 0 Å². The van der Waals surface area contributed by atoms with Crippen LogP contribution in [0, 0.1) is 18.8 Å². The molecule has 1 aromatic heterocycles. The van der Waals surface area contributed by atoms with Crippen LogP contribution in [0.4, 0.5) is 5.00 Å². The van der Waals surface area contributed by atoms with Crippen LogP contribution >= 0.6 is 11.3 Å². The highest BCUT2D eigenvalue weighted by molar-refractivity contribution is 7.16. The van der Waals surface area contributed by atoms with E-state index in [2.05, 4.69) is 17.6 Å². The summed E-state index contributed by atoms with van der Waals surface area (Å²) < 4.78 is 0. The minimum absolute atomic E-state index is 0.111. The Hall–Kier alpha value is -0.870. The number of anilines is 1. The third kappa shape index (κ3) is 2.43. The fourth-order valence-corrected chi connectivity index (χ4v) is 4.25. The molecule has 104 valence electrons. The second-order valence-electron chi connectivity index (χ2n) is 5.86. The smallest absolute Gasteiger partial charge is 0.228 e. The summed E-state index contributed by atoms with van der Waals surface area (Å²) in [5, 5.41) is 7.50. The maximum atomic E-state index is 12.3. The topological polar surface area (TPSA) is 41.1 Å². The van der Waals surface area contributed by atoms with Gasteiger partial charge in [0.1, 0.15) is 0 Å². The van der Waals surface area contributed by atoms with Gasteiger partial charge in [-0.15, -0.1) is 11.3 Å². The predicted octanol–water partition coefficient (Wildman–Crippen LogP) is 2.73. The maximum absolute atomic E-state index is 12.3. The molecule has 4 heteroatoms. The van der Waals surface area contributed by atoms with E-state index in [9.17, 15) is 4.79 Å². The zero-order valence-electron chi connectivity index (χ0n) is 11.7. The standard InChI is InChI=1S/C15H22N2OS/c1-9(11-7-16-8-11)14(18)17-15-10(2)12-5-3-4-6-13(12)19-15/h9,11,16H,3-8H2,1-2H3,(H,17,18). The van der Waals surface area contributed by atoms with Gasteiger partial charge in [0.2, 0.25) is 5.91 Å². The Morgan fingerprint density at radius 2 is 2.11 bits per heavy atom. The molecule has 1 fully saturated rings. The Kier molecular flexibility index (Phi) is 3.63. The van der Waals surface area contributed by atoms with Crippen LogP contribution in [0.15, 0.2) is 0 Å². The van der Waals surface area contributed by atoms with Gasteiger partial charge in [-0.25, -0.2) is 0 Å². The molecule has 1 unspecified atom stereocenters. The molecule has 0 spiro atoms. The van der Waals surface area contributed by atoms with Crippen molar-refractivity contribution in [3.05, 3.63) is 16.0 Å². The maximum Gasteiger partial charge on any atom is 0.228 e. The van der Waals surface area contributed by atoms with Crippen molar-refractivity contribution in [2.75, 3.05) is 18.4 Å². The Morgan fingerprint density at radius 3 is 2.74 bits per heavy atom. The van der Waals surface area contributed by atoms with Crippen LogP contribution in [0.25, 0.3) is 0 Å². The van der Waals surface area contributed by atoms with Crippen molar-refractivity contribution in [1.29, 1.82) is 0 Å². The van der Waals surface area contributed by atoms with Gasteiger partial charge < -0.3 is 10.6 Å². The zero-order valence-corrected chi connectivity index (χ0v) is 12.5. The summed E-state index contributed by atoms with van der Waals surface area (Å²) in [5.41, 5.74) is 2.82. The van der Waals surface area contributed by atoms with E-state index in [1.165, 1.54) is 41.7 Å². The number of rotatable bonds is 3. The molecule has 3 rings (SSSR count). The van der Waals surface area contributed by atoms with Gasteiger partial charge in [-0.05, 0) is 62.7 Å². The van der Waals surface area contributed by atoms with Crippen LogP contribution in [-0.4, -0.2) is 19.0 Å². The van der Waals surface area contributed by atoms with Gasteiger partial charge in [-0.3, -0.25) is 4.79 Å². The van der Waals surface area contributed by atoms with Crippen molar-refractivity contribution < 1.29 is 4.79 Å². The molecule has 0 saturated carbocycles. The molecule has 1 amide bonds. The lowest BCUT2D eigenvalue weighted by atomic mass is 9.88. The number of fused-ring (bicyclic) bond motifs is 1. The van der Waals surface area contributed by atoms with Crippen LogP contribution < -0.4 is 10.6 Å². The molecule has 2 N–H and O–H groups in total. The average molecular weight is 278 g/mol. The Bertz CT molecular complexity index is 491. The number of hydrogen-bond donors (Lipinski definition) is 2. The van der Waals surface area contributed by atoms with Crippen LogP contribution in [0.1, 0.15) is 35.8 Å². The number of amides is 1. The fourth-order valence-electron chi connectivity index (χ4n) is 2.95. The number of thiophene rings is 1. The van der Waals surface area contributed by atoms with Gasteiger partial charge >= 0.3 is 0 Å². The number of carbonyl (C=O) groups is 1. The first-order valence-corrected chi connectivity index (χ1v) is 8.11. The molecule has 1 saturated heterocycles. The quantitative estimate of drug-likeness (QED) is 0.892. The van der Waals surface area contributed by atoms with Crippen LogP contribution in [-0.2, 0) is 17.6 Å². The number of hydrogen-bond acceptors (Lipinski definition) is 3. The summed E-state index contributed by atoms with van der Waals surface area (Å²) in [7, 11) is 0. The van der Waals surface area contributed by atoms with Crippen LogP contribution in [0.2, 0.25) is 0 Å².